The first-order valence-electron chi connectivity index (χ1n) is 3.16. The van der Waals surface area contributed by atoms with Gasteiger partial charge in [0.1, 0.15) is 0 Å². The van der Waals surface area contributed by atoms with Crippen molar-refractivity contribution in [2.24, 2.45) is 11.0 Å². The molecule has 58 valence electrons. The van der Waals surface area contributed by atoms with Gasteiger partial charge >= 0.3 is 0 Å². The fraction of sp³-hybridized carbons (Fsp3) is 0.143. The maximum Gasteiger partial charge on any atom is 0.150 e. The number of thiocarbonyl (C=S) groups is 1. The highest BCUT2D eigenvalue weighted by Gasteiger charge is 1.97. The third-order valence-corrected chi connectivity index (χ3v) is 1.38. The third kappa shape index (κ3) is 3.34. The van der Waals surface area contributed by atoms with Crippen LogP contribution in [-0.2, 0) is 0 Å². The Balaban J connectivity index is 2.30. The Bertz CT molecular complexity index is 219. The fourth-order valence-corrected chi connectivity index (χ4v) is 0.837. The van der Waals surface area contributed by atoms with Crippen LogP contribution in [0.25, 0.3) is 0 Å². The number of nitrogens with zero attached hydrogens (tertiary/aromatic N) is 1. The van der Waals surface area contributed by atoms with E-state index in [2.05, 4.69) is 35.4 Å². The molecule has 0 heterocycles. The summed E-state index contributed by atoms with van der Waals surface area (Å²) >= 11 is 8.48. The van der Waals surface area contributed by atoms with Crippen LogP contribution in [0.3, 0.4) is 0 Å². The lowest BCUT2D eigenvalue weighted by Crippen LogP contribution is -2.08. The molecule has 1 aliphatic rings. The molecule has 0 radical (unpaired) electrons. The van der Waals surface area contributed by atoms with Gasteiger partial charge in [-0.25, -0.2) is 0 Å². The fourth-order valence-electron chi connectivity index (χ4n) is 0.727. The Morgan fingerprint density at radius 1 is 1.55 bits per heavy atom. The van der Waals surface area contributed by atoms with Gasteiger partial charge in [0, 0.05) is 12.1 Å². The van der Waals surface area contributed by atoms with Crippen molar-refractivity contribution in [1.29, 1.82) is 0 Å². The second kappa shape index (κ2) is 4.31. The minimum atomic E-state index is 0.296. The molecule has 4 heteroatoms. The van der Waals surface area contributed by atoms with Crippen LogP contribution in [0.2, 0.25) is 0 Å². The molecule has 0 bridgehead atoms. The number of nitrogens with one attached hydrogen (secondary N) is 1. The molecule has 0 aromatic heterocycles. The molecule has 0 saturated heterocycles. The van der Waals surface area contributed by atoms with Crippen LogP contribution in [0, 0.1) is 5.92 Å². The molecule has 1 N–H and O–H groups in total. The predicted octanol–water partition coefficient (Wildman–Crippen LogP) is 1.52. The molecule has 11 heavy (non-hydrogen) atoms. The normalized spacial score (nSPS) is 16.5. The zero-order valence-electron chi connectivity index (χ0n) is 5.77. The zero-order valence-corrected chi connectivity index (χ0v) is 7.48. The molecule has 0 aliphatic heterocycles. The lowest BCUT2D eigenvalue weighted by molar-refractivity contribution is 1.04. The van der Waals surface area contributed by atoms with Crippen LogP contribution in [0.1, 0.15) is 0 Å². The molecule has 1 rings (SSSR count). The van der Waals surface area contributed by atoms with E-state index in [-0.39, 0.29) is 0 Å². The van der Waals surface area contributed by atoms with Crippen molar-refractivity contribution in [3.8, 4) is 0 Å². The summed E-state index contributed by atoms with van der Waals surface area (Å²) in [5, 5.41) is 3.86. The van der Waals surface area contributed by atoms with Crippen molar-refractivity contribution in [1.82, 2.24) is 5.43 Å². The lowest BCUT2D eigenvalue weighted by Gasteiger charge is -1.95. The summed E-state index contributed by atoms with van der Waals surface area (Å²) in [5.41, 5.74) is 2.57. The highest BCUT2D eigenvalue weighted by Crippen LogP contribution is 2.04. The van der Waals surface area contributed by atoms with E-state index in [9.17, 15) is 0 Å². The quantitative estimate of drug-likeness (QED) is 0.294. The number of hydrazone groups is 1. The molecule has 1 aliphatic carbocycles. The molecule has 0 unspecified atom stereocenters. The molecule has 2 nitrogen and oxygen atoms in total. The highest BCUT2D eigenvalue weighted by atomic mass is 32.1. The predicted molar refractivity (Wildman–Crippen MR) is 55.0 cm³/mol. The number of allylic oxidation sites excluding steroid dienone is 4. The summed E-state index contributed by atoms with van der Waals surface area (Å²) in [7, 11) is 0. The Labute approximate surface area is 76.5 Å². The number of thiol groups is 1. The number of rotatable bonds is 2. The second-order valence-electron chi connectivity index (χ2n) is 2.04. The standard InChI is InChI=1S/C7H8N2S2/c10-7(11)9-8-5-6-3-1-2-4-6/h1-6H,(H2,9,10,11). The van der Waals surface area contributed by atoms with Gasteiger partial charge in [-0.2, -0.15) is 5.10 Å². The summed E-state index contributed by atoms with van der Waals surface area (Å²) in [6.45, 7) is 0. The van der Waals surface area contributed by atoms with Crippen LogP contribution in [0.5, 0.6) is 0 Å². The van der Waals surface area contributed by atoms with E-state index in [1.165, 1.54) is 0 Å². The van der Waals surface area contributed by atoms with Crippen LogP contribution >= 0.6 is 24.8 Å². The molecule has 0 aromatic rings. The maximum atomic E-state index is 4.64. The van der Waals surface area contributed by atoms with Crippen molar-refractivity contribution in [2.45, 2.75) is 0 Å². The summed E-state index contributed by atoms with van der Waals surface area (Å²) in [6.07, 6.45) is 9.80. The molecular formula is C7H8N2S2. The van der Waals surface area contributed by atoms with Gasteiger partial charge in [-0.1, -0.05) is 36.5 Å². The molecule has 0 fully saturated rings. The van der Waals surface area contributed by atoms with Crippen molar-refractivity contribution < 1.29 is 0 Å². The molecular weight excluding hydrogens is 176 g/mol. The van der Waals surface area contributed by atoms with E-state index in [0.717, 1.165) is 0 Å². The van der Waals surface area contributed by atoms with E-state index < -0.39 is 0 Å². The number of hydrogen-bond acceptors (Lipinski definition) is 2. The Kier molecular flexibility index (Phi) is 3.32. The highest BCUT2D eigenvalue weighted by molar-refractivity contribution is 8.11. The minimum Gasteiger partial charge on any atom is -0.263 e. The first-order valence-corrected chi connectivity index (χ1v) is 4.01. The van der Waals surface area contributed by atoms with Crippen LogP contribution in [0.4, 0.5) is 0 Å². The first kappa shape index (κ1) is 8.49. The summed E-state index contributed by atoms with van der Waals surface area (Å²) in [5.74, 6) is 0.296. The topological polar surface area (TPSA) is 24.4 Å². The van der Waals surface area contributed by atoms with Gasteiger partial charge in [0.25, 0.3) is 0 Å². The summed E-state index contributed by atoms with van der Waals surface area (Å²) < 4.78 is 0.382. The van der Waals surface area contributed by atoms with E-state index in [1.54, 1.807) is 6.21 Å². The van der Waals surface area contributed by atoms with Gasteiger partial charge in [0.2, 0.25) is 0 Å². The second-order valence-corrected chi connectivity index (χ2v) is 3.20. The summed E-state index contributed by atoms with van der Waals surface area (Å²) in [4.78, 5) is 0. The zero-order chi connectivity index (χ0) is 8.10. The van der Waals surface area contributed by atoms with Gasteiger partial charge in [0.05, 0.1) is 0 Å². The monoisotopic (exact) mass is 184 g/mol. The average molecular weight is 184 g/mol. The molecule has 0 amide bonds. The first-order chi connectivity index (χ1) is 5.29. The van der Waals surface area contributed by atoms with Crippen molar-refractivity contribution in [3.63, 3.8) is 0 Å². The van der Waals surface area contributed by atoms with Crippen molar-refractivity contribution in [2.75, 3.05) is 0 Å². The van der Waals surface area contributed by atoms with E-state index in [1.807, 2.05) is 24.3 Å². The SMILES string of the molecule is S=C(S)NN=CC1C=CC=C1. The van der Waals surface area contributed by atoms with Crippen LogP contribution < -0.4 is 5.43 Å². The smallest absolute Gasteiger partial charge is 0.150 e. The van der Waals surface area contributed by atoms with Gasteiger partial charge < -0.3 is 0 Å². The Hall–Kier alpha value is -0.610. The van der Waals surface area contributed by atoms with Crippen LogP contribution in [-0.4, -0.2) is 10.5 Å². The van der Waals surface area contributed by atoms with Crippen molar-refractivity contribution in [3.05, 3.63) is 24.3 Å². The Morgan fingerprint density at radius 2 is 2.18 bits per heavy atom. The van der Waals surface area contributed by atoms with Gasteiger partial charge in [0.15, 0.2) is 4.32 Å². The van der Waals surface area contributed by atoms with Gasteiger partial charge in [-0.3, -0.25) is 5.43 Å². The van der Waals surface area contributed by atoms with Crippen LogP contribution in [0.15, 0.2) is 29.4 Å². The van der Waals surface area contributed by atoms with E-state index in [0.29, 0.717) is 10.2 Å². The van der Waals surface area contributed by atoms with Crippen molar-refractivity contribution >= 4 is 35.4 Å². The molecule has 0 atom stereocenters. The largest absolute Gasteiger partial charge is 0.263 e. The molecule has 0 spiro atoms. The summed E-state index contributed by atoms with van der Waals surface area (Å²) in [6, 6.07) is 0. The lowest BCUT2D eigenvalue weighted by atomic mass is 10.2. The average Bonchev–Trinajstić information content (AvgIpc) is 2.39. The van der Waals surface area contributed by atoms with Gasteiger partial charge in [-0.15, -0.1) is 12.6 Å². The molecule has 0 saturated carbocycles. The van der Waals surface area contributed by atoms with E-state index >= 15 is 0 Å². The maximum absolute atomic E-state index is 4.64. The number of hydrogen-bond donors (Lipinski definition) is 2. The van der Waals surface area contributed by atoms with E-state index in [4.69, 9.17) is 0 Å². The Morgan fingerprint density at radius 3 is 2.73 bits per heavy atom. The van der Waals surface area contributed by atoms with Gasteiger partial charge in [-0.05, 0) is 0 Å². The minimum absolute atomic E-state index is 0.296. The molecule has 0 aromatic carbocycles. The third-order valence-electron chi connectivity index (χ3n) is 1.18.